The van der Waals surface area contributed by atoms with Crippen LogP contribution in [-0.2, 0) is 4.79 Å². The van der Waals surface area contributed by atoms with E-state index in [4.69, 9.17) is 5.11 Å². The molecule has 1 aromatic carbocycles. The van der Waals surface area contributed by atoms with E-state index in [1.807, 2.05) is 6.92 Å². The second kappa shape index (κ2) is 18.7. The number of hydrogen-bond acceptors (Lipinski definition) is 1. The molecule has 0 radical (unpaired) electrons. The Labute approximate surface area is 145 Å². The van der Waals surface area contributed by atoms with Gasteiger partial charge in [0.2, 0.25) is 0 Å². The van der Waals surface area contributed by atoms with Crippen LogP contribution in [0.4, 0.5) is 4.70 Å². The lowest BCUT2D eigenvalue weighted by atomic mass is 9.91. The number of aliphatic carboxylic acids is 1. The molecule has 0 fully saturated rings. The molecule has 0 aromatic heterocycles. The molecule has 23 heavy (non-hydrogen) atoms. The van der Waals surface area contributed by atoms with Gasteiger partial charge in [-0.2, -0.15) is 0 Å². The first-order valence-corrected chi connectivity index (χ1v) is 6.63. The Morgan fingerprint density at radius 3 is 1.65 bits per heavy atom. The lowest BCUT2D eigenvalue weighted by Crippen LogP contribution is -2.21. The number of halogens is 1. The fourth-order valence-electron chi connectivity index (χ4n) is 1.17. The first kappa shape index (κ1) is 37.7. The van der Waals surface area contributed by atoms with E-state index in [1.165, 1.54) is 12.0 Å². The third-order valence-electron chi connectivity index (χ3n) is 3.44. The van der Waals surface area contributed by atoms with Crippen LogP contribution in [-0.4, -0.2) is 11.1 Å². The minimum Gasteiger partial charge on any atom is -0.481 e. The first-order chi connectivity index (χ1) is 8.35. The highest BCUT2D eigenvalue weighted by molar-refractivity contribution is 5.73. The van der Waals surface area contributed by atoms with Gasteiger partial charge in [0.15, 0.2) is 0 Å². The highest BCUT2D eigenvalue weighted by Crippen LogP contribution is 2.18. The van der Waals surface area contributed by atoms with Gasteiger partial charge in [0.05, 0.1) is 5.41 Å². The van der Waals surface area contributed by atoms with Crippen molar-refractivity contribution in [3.05, 3.63) is 35.9 Å². The number of benzene rings is 1. The molecule has 0 amide bonds. The van der Waals surface area contributed by atoms with E-state index >= 15 is 0 Å². The van der Waals surface area contributed by atoms with Gasteiger partial charge in [0.25, 0.3) is 0 Å². The first-order valence-electron chi connectivity index (χ1n) is 6.63. The molecule has 1 aromatic rings. The SMILES string of the molecule is C.C.C.C.CCC(C)(C)C(=O)O.CCC(C)c1ccccc1.F. The van der Waals surface area contributed by atoms with Crippen LogP contribution in [0.3, 0.4) is 0 Å². The molecule has 142 valence electrons. The van der Waals surface area contributed by atoms with Crippen molar-refractivity contribution in [3.8, 4) is 0 Å². The molecule has 1 rings (SSSR count). The van der Waals surface area contributed by atoms with Crippen molar-refractivity contribution < 1.29 is 14.6 Å². The molecule has 2 nitrogen and oxygen atoms in total. The number of rotatable bonds is 4. The molecule has 0 aliphatic rings. The molecular weight excluding hydrogens is 291 g/mol. The Bertz CT molecular complexity index is 348. The topological polar surface area (TPSA) is 37.3 Å². The molecular formula is C20H43FO2. The summed E-state index contributed by atoms with van der Waals surface area (Å²) in [5, 5.41) is 8.44. The summed E-state index contributed by atoms with van der Waals surface area (Å²) in [6.45, 7) is 9.78. The minimum atomic E-state index is -0.722. The van der Waals surface area contributed by atoms with Crippen LogP contribution in [0.1, 0.15) is 88.6 Å². The molecule has 0 saturated heterocycles. The molecule has 0 heterocycles. The predicted molar refractivity (Wildman–Crippen MR) is 106 cm³/mol. The van der Waals surface area contributed by atoms with Gasteiger partial charge in [-0.3, -0.25) is 9.50 Å². The van der Waals surface area contributed by atoms with Crippen LogP contribution in [0.15, 0.2) is 30.3 Å². The summed E-state index contributed by atoms with van der Waals surface area (Å²) in [5.74, 6) is -0.0128. The third-order valence-corrected chi connectivity index (χ3v) is 3.44. The van der Waals surface area contributed by atoms with Gasteiger partial charge >= 0.3 is 5.97 Å². The number of carboxylic acid groups (broad SMARTS) is 1. The maximum absolute atomic E-state index is 10.3. The third kappa shape index (κ3) is 15.3. The lowest BCUT2D eigenvalue weighted by Gasteiger charge is -2.14. The van der Waals surface area contributed by atoms with Crippen molar-refractivity contribution in [2.24, 2.45) is 5.41 Å². The number of carboxylic acids is 1. The Kier molecular flexibility index (Phi) is 30.6. The van der Waals surface area contributed by atoms with Gasteiger partial charge in [-0.15, -0.1) is 0 Å². The van der Waals surface area contributed by atoms with Crippen molar-refractivity contribution in [1.82, 2.24) is 0 Å². The summed E-state index contributed by atoms with van der Waals surface area (Å²) in [4.78, 5) is 10.3. The highest BCUT2D eigenvalue weighted by Gasteiger charge is 2.23. The lowest BCUT2D eigenvalue weighted by molar-refractivity contribution is -0.147. The predicted octanol–water partition coefficient (Wildman–Crippen LogP) is 7.40. The second-order valence-electron chi connectivity index (χ2n) is 5.26. The summed E-state index contributed by atoms with van der Waals surface area (Å²) in [5.41, 5.74) is 0.907. The zero-order chi connectivity index (χ0) is 14.2. The van der Waals surface area contributed by atoms with Crippen LogP contribution < -0.4 is 0 Å². The monoisotopic (exact) mass is 334 g/mol. The summed E-state index contributed by atoms with van der Waals surface area (Å²) < 4.78 is 0. The van der Waals surface area contributed by atoms with Gasteiger partial charge in [-0.05, 0) is 38.2 Å². The van der Waals surface area contributed by atoms with E-state index in [0.29, 0.717) is 12.3 Å². The Hall–Kier alpha value is -1.38. The minimum absolute atomic E-state index is 0. The van der Waals surface area contributed by atoms with Gasteiger partial charge < -0.3 is 5.11 Å². The molecule has 3 heteroatoms. The molecule has 0 aliphatic carbocycles. The zero-order valence-corrected chi connectivity index (χ0v) is 12.6. The van der Waals surface area contributed by atoms with Gasteiger partial charge in [-0.1, -0.05) is 80.8 Å². The number of carbonyl (C=O) groups is 1. The van der Waals surface area contributed by atoms with Crippen molar-refractivity contribution >= 4 is 5.97 Å². The molecule has 1 unspecified atom stereocenters. The molecule has 0 bridgehead atoms. The van der Waals surface area contributed by atoms with Crippen molar-refractivity contribution in [2.75, 3.05) is 0 Å². The van der Waals surface area contributed by atoms with Gasteiger partial charge in [0.1, 0.15) is 0 Å². The smallest absolute Gasteiger partial charge is 0.309 e. The molecule has 0 aliphatic heterocycles. The van der Waals surface area contributed by atoms with Crippen LogP contribution in [0.25, 0.3) is 0 Å². The second-order valence-corrected chi connectivity index (χ2v) is 5.26. The molecule has 0 spiro atoms. The van der Waals surface area contributed by atoms with Crippen molar-refractivity contribution in [2.45, 2.75) is 83.1 Å². The Morgan fingerprint density at radius 1 is 1.04 bits per heavy atom. The largest absolute Gasteiger partial charge is 0.481 e. The van der Waals surface area contributed by atoms with E-state index in [2.05, 4.69) is 44.2 Å². The Balaban J connectivity index is -0.0000000525. The van der Waals surface area contributed by atoms with Gasteiger partial charge in [-0.25, -0.2) is 0 Å². The molecule has 1 atom stereocenters. The van der Waals surface area contributed by atoms with E-state index in [-0.39, 0.29) is 34.4 Å². The van der Waals surface area contributed by atoms with Crippen molar-refractivity contribution in [3.63, 3.8) is 0 Å². The summed E-state index contributed by atoms with van der Waals surface area (Å²) in [7, 11) is 0. The summed E-state index contributed by atoms with van der Waals surface area (Å²) in [6.07, 6.45) is 1.91. The van der Waals surface area contributed by atoms with E-state index in [0.717, 1.165) is 0 Å². The average molecular weight is 335 g/mol. The van der Waals surface area contributed by atoms with E-state index in [1.54, 1.807) is 13.8 Å². The fraction of sp³-hybridized carbons (Fsp3) is 0.650. The quantitative estimate of drug-likeness (QED) is 0.622. The molecule has 0 saturated carbocycles. The zero-order valence-electron chi connectivity index (χ0n) is 12.6. The van der Waals surface area contributed by atoms with Crippen molar-refractivity contribution in [1.29, 1.82) is 0 Å². The van der Waals surface area contributed by atoms with Crippen LogP contribution in [0.2, 0.25) is 0 Å². The number of hydrogen-bond donors (Lipinski definition) is 1. The van der Waals surface area contributed by atoms with Crippen LogP contribution in [0, 0.1) is 5.41 Å². The van der Waals surface area contributed by atoms with E-state index < -0.39 is 11.4 Å². The summed E-state index contributed by atoms with van der Waals surface area (Å²) >= 11 is 0. The molecule has 1 N–H and O–H groups in total. The normalized spacial score (nSPS) is 9.61. The Morgan fingerprint density at radius 2 is 1.43 bits per heavy atom. The highest BCUT2D eigenvalue weighted by atomic mass is 19.0. The van der Waals surface area contributed by atoms with Crippen LogP contribution in [0.5, 0.6) is 0 Å². The van der Waals surface area contributed by atoms with Crippen LogP contribution >= 0.6 is 0 Å². The van der Waals surface area contributed by atoms with E-state index in [9.17, 15) is 4.79 Å². The van der Waals surface area contributed by atoms with Gasteiger partial charge in [0, 0.05) is 0 Å². The summed E-state index contributed by atoms with van der Waals surface area (Å²) in [6, 6.07) is 10.6. The maximum atomic E-state index is 10.3. The fourth-order valence-corrected chi connectivity index (χ4v) is 1.17. The standard InChI is InChI=1S/C10H14.C6H12O2.4CH4.FH/c1-3-9(2)10-7-5-4-6-8-10;1-4-6(2,3)5(7)8;;;;;/h4-9H,3H2,1-2H3;4H2,1-3H3,(H,7,8);4*1H4;1H. The average Bonchev–Trinajstić information content (AvgIpc) is 2.39. The maximum Gasteiger partial charge on any atom is 0.309 e.